The highest BCUT2D eigenvalue weighted by Crippen LogP contribution is 2.16. The summed E-state index contributed by atoms with van der Waals surface area (Å²) in [6, 6.07) is 0. The van der Waals surface area contributed by atoms with Gasteiger partial charge in [0.2, 0.25) is 0 Å². The van der Waals surface area contributed by atoms with Gasteiger partial charge in [0.1, 0.15) is 12.7 Å². The SMILES string of the molecule is C#CCOS(=O)(=O)OCC1CCS(=O)(=O)O1. The molecule has 92 valence electrons. The van der Waals surface area contributed by atoms with Crippen LogP contribution in [0.1, 0.15) is 6.42 Å². The average molecular weight is 270 g/mol. The Bertz CT molecular complexity index is 469. The molecule has 1 aliphatic rings. The van der Waals surface area contributed by atoms with E-state index in [0.717, 1.165) is 0 Å². The zero-order valence-corrected chi connectivity index (χ0v) is 9.79. The standard InChI is InChI=1S/C7H10O7S2/c1-2-4-12-16(10,11)13-6-7-3-5-15(8,9)14-7/h1,7H,3-6H2. The van der Waals surface area contributed by atoms with Crippen LogP contribution in [0.3, 0.4) is 0 Å². The Kier molecular flexibility index (Phi) is 4.28. The van der Waals surface area contributed by atoms with E-state index in [9.17, 15) is 16.8 Å². The van der Waals surface area contributed by atoms with E-state index in [1.54, 1.807) is 0 Å². The van der Waals surface area contributed by atoms with Gasteiger partial charge in [-0.15, -0.1) is 6.42 Å². The molecule has 1 saturated heterocycles. The maximum absolute atomic E-state index is 11.0. The largest absolute Gasteiger partial charge is 0.400 e. The van der Waals surface area contributed by atoms with Crippen molar-refractivity contribution in [3.05, 3.63) is 0 Å². The van der Waals surface area contributed by atoms with Crippen molar-refractivity contribution in [3.8, 4) is 12.3 Å². The molecule has 1 aliphatic heterocycles. The molecule has 1 unspecified atom stereocenters. The summed E-state index contributed by atoms with van der Waals surface area (Å²) in [5.41, 5.74) is 0. The summed E-state index contributed by atoms with van der Waals surface area (Å²) >= 11 is 0. The van der Waals surface area contributed by atoms with Crippen molar-refractivity contribution < 1.29 is 29.4 Å². The second-order valence-electron chi connectivity index (χ2n) is 2.93. The molecule has 7 nitrogen and oxygen atoms in total. The van der Waals surface area contributed by atoms with Gasteiger partial charge in [0.25, 0.3) is 10.1 Å². The minimum atomic E-state index is -4.19. The Balaban J connectivity index is 2.39. The van der Waals surface area contributed by atoms with Crippen molar-refractivity contribution in [1.29, 1.82) is 0 Å². The molecule has 1 atom stereocenters. The first-order chi connectivity index (χ1) is 7.35. The van der Waals surface area contributed by atoms with Gasteiger partial charge in [0.05, 0.1) is 12.4 Å². The maximum Gasteiger partial charge on any atom is 0.400 e. The first kappa shape index (κ1) is 13.4. The van der Waals surface area contributed by atoms with E-state index in [2.05, 4.69) is 12.5 Å². The lowest BCUT2D eigenvalue weighted by molar-refractivity contribution is 0.135. The van der Waals surface area contributed by atoms with Gasteiger partial charge >= 0.3 is 10.4 Å². The molecule has 1 heterocycles. The molecule has 16 heavy (non-hydrogen) atoms. The highest BCUT2D eigenvalue weighted by Gasteiger charge is 2.30. The van der Waals surface area contributed by atoms with Gasteiger partial charge in [-0.25, -0.2) is 8.37 Å². The van der Waals surface area contributed by atoms with E-state index in [-0.39, 0.29) is 12.2 Å². The van der Waals surface area contributed by atoms with E-state index >= 15 is 0 Å². The maximum atomic E-state index is 11.0. The van der Waals surface area contributed by atoms with E-state index in [1.807, 2.05) is 5.92 Å². The smallest absolute Gasteiger partial charge is 0.264 e. The third-order valence-electron chi connectivity index (χ3n) is 1.66. The Morgan fingerprint density at radius 1 is 1.44 bits per heavy atom. The van der Waals surface area contributed by atoms with Crippen LogP contribution < -0.4 is 0 Å². The lowest BCUT2D eigenvalue weighted by Gasteiger charge is -2.07. The third-order valence-corrected chi connectivity index (χ3v) is 3.79. The van der Waals surface area contributed by atoms with Crippen molar-refractivity contribution in [2.24, 2.45) is 0 Å². The van der Waals surface area contributed by atoms with Crippen molar-refractivity contribution in [2.75, 3.05) is 19.0 Å². The molecule has 0 bridgehead atoms. The summed E-state index contributed by atoms with van der Waals surface area (Å²) in [6.45, 7) is -0.849. The molecular formula is C7H10O7S2. The fraction of sp³-hybridized carbons (Fsp3) is 0.714. The van der Waals surface area contributed by atoms with Crippen LogP contribution >= 0.6 is 0 Å². The molecule has 0 aromatic rings. The number of terminal acetylenes is 1. The number of hydrogen-bond acceptors (Lipinski definition) is 7. The fourth-order valence-corrected chi connectivity index (χ4v) is 2.80. The Labute approximate surface area is 94.1 Å². The molecule has 0 spiro atoms. The number of rotatable bonds is 5. The summed E-state index contributed by atoms with van der Waals surface area (Å²) in [4.78, 5) is 0. The first-order valence-electron chi connectivity index (χ1n) is 4.23. The van der Waals surface area contributed by atoms with Gasteiger partial charge in [-0.1, -0.05) is 5.92 Å². The molecule has 1 fully saturated rings. The van der Waals surface area contributed by atoms with Crippen LogP contribution in [0.25, 0.3) is 0 Å². The Morgan fingerprint density at radius 2 is 2.12 bits per heavy atom. The van der Waals surface area contributed by atoms with E-state index in [1.165, 1.54) is 0 Å². The van der Waals surface area contributed by atoms with Gasteiger partial charge in [0, 0.05) is 0 Å². The number of hydrogen-bond donors (Lipinski definition) is 0. The van der Waals surface area contributed by atoms with E-state index < -0.39 is 39.8 Å². The molecular weight excluding hydrogens is 260 g/mol. The summed E-state index contributed by atoms with van der Waals surface area (Å²) in [5, 5.41) is 0. The van der Waals surface area contributed by atoms with Crippen LogP contribution in [-0.2, 0) is 33.1 Å². The highest BCUT2D eigenvalue weighted by molar-refractivity contribution is 7.86. The Hall–Kier alpha value is -0.660. The van der Waals surface area contributed by atoms with Gasteiger partial charge in [-0.2, -0.15) is 16.8 Å². The van der Waals surface area contributed by atoms with Crippen molar-refractivity contribution in [3.63, 3.8) is 0 Å². The van der Waals surface area contributed by atoms with Crippen molar-refractivity contribution in [1.82, 2.24) is 0 Å². The summed E-state index contributed by atoms with van der Waals surface area (Å²) in [6.07, 6.45) is 4.18. The molecule has 0 aromatic carbocycles. The third kappa shape index (κ3) is 4.46. The predicted molar refractivity (Wildman–Crippen MR) is 52.9 cm³/mol. The summed E-state index contributed by atoms with van der Waals surface area (Å²) in [5.74, 6) is 1.81. The minimum absolute atomic E-state index is 0.147. The second-order valence-corrected chi connectivity index (χ2v) is 5.93. The normalized spacial score (nSPS) is 24.1. The van der Waals surface area contributed by atoms with Gasteiger partial charge in [-0.3, -0.25) is 4.18 Å². The van der Waals surface area contributed by atoms with Gasteiger partial charge in [-0.05, 0) is 6.42 Å². The molecule has 0 radical (unpaired) electrons. The molecule has 1 rings (SSSR count). The first-order valence-corrected chi connectivity index (χ1v) is 7.14. The van der Waals surface area contributed by atoms with Crippen LogP contribution in [0, 0.1) is 12.3 Å². The van der Waals surface area contributed by atoms with E-state index in [0.29, 0.717) is 0 Å². The lowest BCUT2D eigenvalue weighted by atomic mass is 10.3. The summed E-state index contributed by atoms with van der Waals surface area (Å²) in [7, 11) is -7.71. The lowest BCUT2D eigenvalue weighted by Crippen LogP contribution is -2.20. The zero-order chi connectivity index (χ0) is 12.2. The second kappa shape index (κ2) is 5.11. The van der Waals surface area contributed by atoms with Crippen LogP contribution in [0.2, 0.25) is 0 Å². The molecule has 0 saturated carbocycles. The molecule has 0 amide bonds. The van der Waals surface area contributed by atoms with Crippen LogP contribution in [0.5, 0.6) is 0 Å². The highest BCUT2D eigenvalue weighted by atomic mass is 32.3. The Morgan fingerprint density at radius 3 is 2.62 bits per heavy atom. The van der Waals surface area contributed by atoms with E-state index in [4.69, 9.17) is 6.42 Å². The average Bonchev–Trinajstić information content (AvgIpc) is 2.53. The van der Waals surface area contributed by atoms with Crippen LogP contribution in [0.4, 0.5) is 0 Å². The molecule has 0 aliphatic carbocycles. The summed E-state index contributed by atoms with van der Waals surface area (Å²) < 4.78 is 56.7. The molecule has 0 N–H and O–H groups in total. The van der Waals surface area contributed by atoms with Crippen LogP contribution in [0.15, 0.2) is 0 Å². The topological polar surface area (TPSA) is 96.0 Å². The molecule has 0 aromatic heterocycles. The quantitative estimate of drug-likeness (QED) is 0.467. The fourth-order valence-electron chi connectivity index (χ4n) is 0.990. The van der Waals surface area contributed by atoms with Gasteiger partial charge in [0.15, 0.2) is 0 Å². The van der Waals surface area contributed by atoms with Crippen molar-refractivity contribution >= 4 is 20.5 Å². The van der Waals surface area contributed by atoms with Crippen molar-refractivity contribution in [2.45, 2.75) is 12.5 Å². The monoisotopic (exact) mass is 270 g/mol. The zero-order valence-electron chi connectivity index (χ0n) is 8.16. The van der Waals surface area contributed by atoms with Gasteiger partial charge < -0.3 is 0 Å². The predicted octanol–water partition coefficient (Wildman–Crippen LogP) is -0.984. The molecule has 9 heteroatoms. The minimum Gasteiger partial charge on any atom is -0.264 e. The van der Waals surface area contributed by atoms with Crippen LogP contribution in [-0.4, -0.2) is 41.9 Å².